The van der Waals surface area contributed by atoms with Gasteiger partial charge in [0.05, 0.1) is 12.5 Å². The molecule has 3 amide bonds. The molecule has 4 unspecified atom stereocenters. The first-order valence-corrected chi connectivity index (χ1v) is 9.37. The summed E-state index contributed by atoms with van der Waals surface area (Å²) in [6, 6.07) is -4.65. The summed E-state index contributed by atoms with van der Waals surface area (Å²) in [6.07, 6.45) is -0.342. The van der Waals surface area contributed by atoms with E-state index in [2.05, 4.69) is 16.0 Å². The number of carboxylic acids is 2. The molecule has 4 atom stereocenters. The Balaban J connectivity index is 5.10. The lowest BCUT2D eigenvalue weighted by atomic mass is 10.0. The smallest absolute Gasteiger partial charge is 0.326 e. The van der Waals surface area contributed by atoms with E-state index in [0.717, 1.165) is 0 Å². The van der Waals surface area contributed by atoms with Crippen molar-refractivity contribution in [1.82, 2.24) is 16.0 Å². The van der Waals surface area contributed by atoms with Crippen molar-refractivity contribution in [2.75, 3.05) is 0 Å². The van der Waals surface area contributed by atoms with Crippen LogP contribution in [0.3, 0.4) is 0 Å². The number of nitrogens with one attached hydrogen (secondary N) is 3. The highest BCUT2D eigenvalue weighted by Gasteiger charge is 2.31. The van der Waals surface area contributed by atoms with Crippen molar-refractivity contribution in [3.8, 4) is 0 Å². The van der Waals surface area contributed by atoms with Crippen LogP contribution in [0.1, 0.15) is 47.5 Å². The lowest BCUT2D eigenvalue weighted by Gasteiger charge is -2.24. The average Bonchev–Trinajstić information content (AvgIpc) is 2.56. The molecule has 11 nitrogen and oxygen atoms in total. The molecule has 0 rings (SSSR count). The van der Waals surface area contributed by atoms with Gasteiger partial charge >= 0.3 is 11.9 Å². The molecule has 0 saturated heterocycles. The third-order valence-electron chi connectivity index (χ3n) is 4.06. The first kappa shape index (κ1) is 26.3. The zero-order valence-electron chi connectivity index (χ0n) is 17.4. The van der Waals surface area contributed by atoms with Crippen LogP contribution in [0, 0.1) is 11.8 Å². The predicted molar refractivity (Wildman–Crippen MR) is 104 cm³/mol. The highest BCUT2D eigenvalue weighted by atomic mass is 16.4. The van der Waals surface area contributed by atoms with Crippen molar-refractivity contribution in [3.05, 3.63) is 0 Å². The van der Waals surface area contributed by atoms with Crippen LogP contribution in [-0.4, -0.2) is 64.0 Å². The van der Waals surface area contributed by atoms with Crippen LogP contribution >= 0.6 is 0 Å². The molecular weight excluding hydrogens is 384 g/mol. The fourth-order valence-corrected chi connectivity index (χ4v) is 2.45. The number of carbonyl (C=O) groups excluding carboxylic acids is 3. The molecule has 29 heavy (non-hydrogen) atoms. The third-order valence-corrected chi connectivity index (χ3v) is 4.06. The van der Waals surface area contributed by atoms with Crippen molar-refractivity contribution in [2.45, 2.75) is 71.6 Å². The maximum absolute atomic E-state index is 12.3. The number of rotatable bonds is 12. The topological polar surface area (TPSA) is 188 Å². The Bertz CT molecular complexity index is 621. The van der Waals surface area contributed by atoms with E-state index in [9.17, 15) is 24.0 Å². The minimum Gasteiger partial charge on any atom is -0.481 e. The van der Waals surface area contributed by atoms with E-state index in [-0.39, 0.29) is 5.92 Å². The van der Waals surface area contributed by atoms with Gasteiger partial charge in [-0.25, -0.2) is 4.79 Å². The largest absolute Gasteiger partial charge is 0.481 e. The molecule has 0 aliphatic carbocycles. The maximum Gasteiger partial charge on any atom is 0.326 e. The summed E-state index contributed by atoms with van der Waals surface area (Å²) in [6.45, 7) is 8.28. The van der Waals surface area contributed by atoms with Crippen LogP contribution in [-0.2, 0) is 24.0 Å². The van der Waals surface area contributed by atoms with Crippen LogP contribution in [0.2, 0.25) is 0 Å². The first-order valence-electron chi connectivity index (χ1n) is 9.37. The fourth-order valence-electron chi connectivity index (χ4n) is 2.45. The Morgan fingerprint density at radius 1 is 0.828 bits per heavy atom. The van der Waals surface area contributed by atoms with E-state index in [0.29, 0.717) is 6.42 Å². The molecule has 0 radical (unpaired) electrons. The molecule has 0 aliphatic rings. The Kier molecular flexibility index (Phi) is 10.9. The van der Waals surface area contributed by atoms with Gasteiger partial charge in [0, 0.05) is 0 Å². The minimum atomic E-state index is -1.51. The zero-order valence-corrected chi connectivity index (χ0v) is 17.4. The van der Waals surface area contributed by atoms with Gasteiger partial charge in [0.1, 0.15) is 18.1 Å². The number of carboxylic acid groups (broad SMARTS) is 2. The number of hydrogen-bond donors (Lipinski definition) is 6. The quantitative estimate of drug-likeness (QED) is 0.235. The monoisotopic (exact) mass is 416 g/mol. The highest BCUT2D eigenvalue weighted by Crippen LogP contribution is 2.05. The standard InChI is InChI=1S/C18H32N4O7/c1-8(2)6-11(19)16(26)20-10(5)15(25)21-12(7-13(23)24)17(27)22-14(9(3)4)18(28)29/h8-12,14H,6-7,19H2,1-5H3,(H,20,26)(H,21,25)(H,22,27)(H,23,24)(H,28,29). The van der Waals surface area contributed by atoms with Gasteiger partial charge in [-0.1, -0.05) is 27.7 Å². The molecule has 7 N–H and O–H groups in total. The van der Waals surface area contributed by atoms with Crippen LogP contribution in [0.5, 0.6) is 0 Å². The highest BCUT2D eigenvalue weighted by molar-refractivity contribution is 5.95. The van der Waals surface area contributed by atoms with Crippen LogP contribution in [0.15, 0.2) is 0 Å². The Hall–Kier alpha value is -2.69. The average molecular weight is 416 g/mol. The molecule has 0 bridgehead atoms. The Morgan fingerprint density at radius 2 is 1.38 bits per heavy atom. The minimum absolute atomic E-state index is 0.173. The van der Waals surface area contributed by atoms with Crippen molar-refractivity contribution in [2.24, 2.45) is 17.6 Å². The molecule has 0 aliphatic heterocycles. The molecule has 11 heteroatoms. The summed E-state index contributed by atoms with van der Waals surface area (Å²) in [5.74, 6) is -5.23. The number of aliphatic carboxylic acids is 2. The molecule has 0 aromatic rings. The molecule has 0 fully saturated rings. The van der Waals surface area contributed by atoms with E-state index in [1.807, 2.05) is 13.8 Å². The summed E-state index contributed by atoms with van der Waals surface area (Å²) in [7, 11) is 0. The van der Waals surface area contributed by atoms with Crippen LogP contribution in [0.25, 0.3) is 0 Å². The van der Waals surface area contributed by atoms with Gasteiger partial charge in [-0.05, 0) is 25.2 Å². The Labute approximate surface area is 169 Å². The molecule has 0 spiro atoms. The maximum atomic E-state index is 12.3. The number of hydrogen-bond acceptors (Lipinski definition) is 6. The van der Waals surface area contributed by atoms with Crippen molar-refractivity contribution < 1.29 is 34.2 Å². The normalized spacial score (nSPS) is 15.2. The summed E-state index contributed by atoms with van der Waals surface area (Å²) < 4.78 is 0. The molecule has 0 aromatic heterocycles. The summed E-state index contributed by atoms with van der Waals surface area (Å²) in [5, 5.41) is 25.0. The lowest BCUT2D eigenvalue weighted by molar-refractivity contribution is -0.144. The van der Waals surface area contributed by atoms with E-state index < -0.39 is 66.2 Å². The van der Waals surface area contributed by atoms with E-state index in [4.69, 9.17) is 15.9 Å². The molecule has 166 valence electrons. The zero-order chi connectivity index (χ0) is 22.9. The van der Waals surface area contributed by atoms with Gasteiger partial charge in [0.2, 0.25) is 17.7 Å². The van der Waals surface area contributed by atoms with Crippen LogP contribution < -0.4 is 21.7 Å². The van der Waals surface area contributed by atoms with Crippen LogP contribution in [0.4, 0.5) is 0 Å². The molecular formula is C18H32N4O7. The van der Waals surface area contributed by atoms with Crippen molar-refractivity contribution in [3.63, 3.8) is 0 Å². The molecule has 0 saturated carbocycles. The fraction of sp³-hybridized carbons (Fsp3) is 0.722. The van der Waals surface area contributed by atoms with Gasteiger partial charge < -0.3 is 31.9 Å². The second-order valence-corrected chi connectivity index (χ2v) is 7.69. The van der Waals surface area contributed by atoms with E-state index in [1.54, 1.807) is 13.8 Å². The van der Waals surface area contributed by atoms with Gasteiger partial charge in [0.15, 0.2) is 0 Å². The number of amides is 3. The van der Waals surface area contributed by atoms with Gasteiger partial charge in [0.25, 0.3) is 0 Å². The summed E-state index contributed by atoms with van der Waals surface area (Å²) >= 11 is 0. The number of carbonyl (C=O) groups is 5. The van der Waals surface area contributed by atoms with Gasteiger partial charge in [-0.3, -0.25) is 19.2 Å². The second kappa shape index (κ2) is 12.0. The van der Waals surface area contributed by atoms with Crippen molar-refractivity contribution in [1.29, 1.82) is 0 Å². The predicted octanol–water partition coefficient (Wildman–Crippen LogP) is -0.951. The summed E-state index contributed by atoms with van der Waals surface area (Å²) in [5.41, 5.74) is 5.75. The SMILES string of the molecule is CC(C)CC(N)C(=O)NC(C)C(=O)NC(CC(=O)O)C(=O)NC(C(=O)O)C(C)C. The van der Waals surface area contributed by atoms with Gasteiger partial charge in [-0.2, -0.15) is 0 Å². The second-order valence-electron chi connectivity index (χ2n) is 7.69. The Morgan fingerprint density at radius 3 is 1.79 bits per heavy atom. The number of nitrogens with two attached hydrogens (primary N) is 1. The van der Waals surface area contributed by atoms with E-state index >= 15 is 0 Å². The lowest BCUT2D eigenvalue weighted by Crippen LogP contribution is -2.57. The van der Waals surface area contributed by atoms with E-state index in [1.165, 1.54) is 6.92 Å². The molecule has 0 heterocycles. The van der Waals surface area contributed by atoms with Gasteiger partial charge in [-0.15, -0.1) is 0 Å². The van der Waals surface area contributed by atoms with Crippen molar-refractivity contribution >= 4 is 29.7 Å². The summed E-state index contributed by atoms with van der Waals surface area (Å²) in [4.78, 5) is 59.0. The third kappa shape index (κ3) is 9.88. The first-order chi connectivity index (χ1) is 13.3. The molecule has 0 aromatic carbocycles.